The van der Waals surface area contributed by atoms with Gasteiger partial charge in [0.1, 0.15) is 5.75 Å². The summed E-state index contributed by atoms with van der Waals surface area (Å²) < 4.78 is 5.24. The van der Waals surface area contributed by atoms with E-state index >= 15 is 0 Å². The Morgan fingerprint density at radius 1 is 1.14 bits per heavy atom. The minimum Gasteiger partial charge on any atom is -0.496 e. The summed E-state index contributed by atoms with van der Waals surface area (Å²) in [7, 11) is 1.58. The Labute approximate surface area is 128 Å². The largest absolute Gasteiger partial charge is 0.496 e. The Kier molecular flexibility index (Phi) is 2.89. The molecule has 0 N–H and O–H groups in total. The van der Waals surface area contributed by atoms with Crippen LogP contribution in [0.1, 0.15) is 12.0 Å². The molecule has 5 heteroatoms. The van der Waals surface area contributed by atoms with Crippen molar-refractivity contribution in [2.75, 3.05) is 7.11 Å². The van der Waals surface area contributed by atoms with Crippen LogP contribution in [0.15, 0.2) is 41.5 Å². The summed E-state index contributed by atoms with van der Waals surface area (Å²) in [5, 5.41) is 5.19. The lowest BCUT2D eigenvalue weighted by Crippen LogP contribution is -2.28. The monoisotopic (exact) mass is 296 g/mol. The van der Waals surface area contributed by atoms with Crippen LogP contribution >= 0.6 is 0 Å². The summed E-state index contributed by atoms with van der Waals surface area (Å²) >= 11 is 0. The van der Waals surface area contributed by atoms with Crippen molar-refractivity contribution in [1.29, 1.82) is 0 Å². The molecule has 5 nitrogen and oxygen atoms in total. The van der Waals surface area contributed by atoms with E-state index in [1.165, 1.54) is 6.21 Å². The number of rotatable bonds is 3. The molecule has 0 spiro atoms. The Balaban J connectivity index is 1.61. The molecule has 22 heavy (non-hydrogen) atoms. The lowest BCUT2D eigenvalue weighted by molar-refractivity contribution is -0.140. The maximum absolute atomic E-state index is 12.5. The predicted octanol–water partition coefficient (Wildman–Crippen LogP) is 1.84. The molecule has 2 aliphatic carbocycles. The molecular formula is C17H16N2O3. The van der Waals surface area contributed by atoms with Gasteiger partial charge in [0, 0.05) is 5.56 Å². The third-order valence-corrected chi connectivity index (χ3v) is 4.90. The maximum atomic E-state index is 12.5. The number of allylic oxidation sites excluding steroid dienone is 2. The van der Waals surface area contributed by atoms with Gasteiger partial charge in [0.05, 0.1) is 25.2 Å². The summed E-state index contributed by atoms with van der Waals surface area (Å²) in [5.41, 5.74) is 0.740. The van der Waals surface area contributed by atoms with E-state index in [0.29, 0.717) is 5.75 Å². The van der Waals surface area contributed by atoms with Crippen molar-refractivity contribution in [2.24, 2.45) is 28.8 Å². The third-order valence-electron chi connectivity index (χ3n) is 4.90. The summed E-state index contributed by atoms with van der Waals surface area (Å²) in [4.78, 5) is 25.0. The smallest absolute Gasteiger partial charge is 0.254 e. The summed E-state index contributed by atoms with van der Waals surface area (Å²) in [6, 6.07) is 7.36. The standard InChI is InChI=1S/C17H16N2O3/c1-22-13-5-3-2-4-12(13)9-18-19-16(20)14-10-6-7-11(8-10)15(14)17(19)21/h2-7,9-11,14-15H,8H2,1H3/b18-9-/t10-,11-,14-,15+/m0/s1. The number of amides is 2. The highest BCUT2D eigenvalue weighted by Crippen LogP contribution is 2.52. The maximum Gasteiger partial charge on any atom is 0.254 e. The molecule has 112 valence electrons. The molecule has 1 aromatic carbocycles. The second-order valence-corrected chi connectivity index (χ2v) is 5.97. The molecule has 0 radical (unpaired) electrons. The van der Waals surface area contributed by atoms with Crippen molar-refractivity contribution < 1.29 is 14.3 Å². The predicted molar refractivity (Wildman–Crippen MR) is 80.2 cm³/mol. The fourth-order valence-electron chi connectivity index (χ4n) is 3.89. The van der Waals surface area contributed by atoms with Crippen LogP contribution in [0, 0.1) is 23.7 Å². The number of para-hydroxylation sites is 1. The van der Waals surface area contributed by atoms with Gasteiger partial charge in [-0.2, -0.15) is 10.1 Å². The van der Waals surface area contributed by atoms with E-state index in [0.717, 1.165) is 17.0 Å². The number of benzene rings is 1. The Hall–Kier alpha value is -2.43. The second-order valence-electron chi connectivity index (χ2n) is 5.97. The average molecular weight is 296 g/mol. The highest BCUT2D eigenvalue weighted by molar-refractivity contribution is 6.06. The molecule has 1 aromatic rings. The summed E-state index contributed by atoms with van der Waals surface area (Å²) in [6.07, 6.45) is 6.59. The van der Waals surface area contributed by atoms with E-state index < -0.39 is 0 Å². The van der Waals surface area contributed by atoms with Crippen LogP contribution in [0.5, 0.6) is 5.75 Å². The van der Waals surface area contributed by atoms with E-state index in [2.05, 4.69) is 17.3 Å². The molecule has 2 bridgehead atoms. The van der Waals surface area contributed by atoms with E-state index in [1.807, 2.05) is 24.3 Å². The first-order valence-electron chi connectivity index (χ1n) is 7.44. The van der Waals surface area contributed by atoms with Crippen LogP contribution in [0.3, 0.4) is 0 Å². The Bertz CT molecular complexity index is 680. The van der Waals surface area contributed by atoms with Gasteiger partial charge in [-0.05, 0) is 30.4 Å². The van der Waals surface area contributed by atoms with Crippen molar-refractivity contribution in [2.45, 2.75) is 6.42 Å². The molecule has 0 aromatic heterocycles. The molecule has 1 saturated heterocycles. The first kappa shape index (κ1) is 13.2. The molecule has 4 atom stereocenters. The van der Waals surface area contributed by atoms with Crippen LogP contribution in [0.4, 0.5) is 0 Å². The number of imide groups is 1. The van der Waals surface area contributed by atoms with Gasteiger partial charge in [-0.1, -0.05) is 24.3 Å². The molecule has 3 aliphatic rings. The van der Waals surface area contributed by atoms with Crippen LogP contribution < -0.4 is 4.74 Å². The lowest BCUT2D eigenvalue weighted by Gasteiger charge is -2.13. The van der Waals surface area contributed by atoms with Crippen LogP contribution in [0.25, 0.3) is 0 Å². The number of ether oxygens (including phenoxy) is 1. The number of carbonyl (C=O) groups is 2. The van der Waals surface area contributed by atoms with Gasteiger partial charge >= 0.3 is 0 Å². The molecular weight excluding hydrogens is 280 g/mol. The van der Waals surface area contributed by atoms with E-state index in [-0.39, 0.29) is 35.5 Å². The minimum absolute atomic E-state index is 0.169. The van der Waals surface area contributed by atoms with Crippen molar-refractivity contribution >= 4 is 18.0 Å². The Morgan fingerprint density at radius 3 is 2.41 bits per heavy atom. The first-order valence-corrected chi connectivity index (χ1v) is 7.44. The molecule has 2 amide bonds. The van der Waals surface area contributed by atoms with Gasteiger partial charge in [0.15, 0.2) is 0 Å². The SMILES string of the molecule is COc1ccccc1/C=N\N1C(=O)[C@@H]2[C@H](C1=O)[C@H]1C=C[C@H]2C1. The number of hydrazone groups is 1. The quantitative estimate of drug-likeness (QED) is 0.486. The lowest BCUT2D eigenvalue weighted by atomic mass is 9.85. The average Bonchev–Trinajstić information content (AvgIpc) is 3.21. The number of hydrogen-bond acceptors (Lipinski definition) is 4. The summed E-state index contributed by atoms with van der Waals surface area (Å²) in [5.74, 6) is 0.314. The van der Waals surface area contributed by atoms with Crippen LogP contribution in [-0.2, 0) is 9.59 Å². The van der Waals surface area contributed by atoms with Gasteiger partial charge in [-0.3, -0.25) is 9.59 Å². The molecule has 1 heterocycles. The van der Waals surface area contributed by atoms with Crippen LogP contribution in [-0.4, -0.2) is 30.1 Å². The number of nitrogens with zero attached hydrogens (tertiary/aromatic N) is 2. The highest BCUT2D eigenvalue weighted by Gasteiger charge is 2.59. The topological polar surface area (TPSA) is 59.0 Å². The van der Waals surface area contributed by atoms with Gasteiger partial charge in [0.25, 0.3) is 11.8 Å². The molecule has 1 saturated carbocycles. The number of methoxy groups -OCH3 is 1. The fourth-order valence-corrected chi connectivity index (χ4v) is 3.89. The molecule has 2 fully saturated rings. The molecule has 1 aliphatic heterocycles. The van der Waals surface area contributed by atoms with Crippen molar-refractivity contribution in [3.8, 4) is 5.75 Å². The normalized spacial score (nSPS) is 32.3. The second kappa shape index (κ2) is 4.80. The zero-order valence-electron chi connectivity index (χ0n) is 12.2. The highest BCUT2D eigenvalue weighted by atomic mass is 16.5. The number of fused-ring (bicyclic) bond motifs is 5. The van der Waals surface area contributed by atoms with Crippen LogP contribution in [0.2, 0.25) is 0 Å². The van der Waals surface area contributed by atoms with E-state index in [1.54, 1.807) is 7.11 Å². The fraction of sp³-hybridized carbons (Fsp3) is 0.353. The third kappa shape index (κ3) is 1.75. The van der Waals surface area contributed by atoms with Gasteiger partial charge in [0.2, 0.25) is 0 Å². The zero-order valence-corrected chi connectivity index (χ0v) is 12.2. The van der Waals surface area contributed by atoms with E-state index in [9.17, 15) is 9.59 Å². The molecule has 0 unspecified atom stereocenters. The number of hydrogen-bond donors (Lipinski definition) is 0. The van der Waals surface area contributed by atoms with Crippen molar-refractivity contribution in [1.82, 2.24) is 5.01 Å². The van der Waals surface area contributed by atoms with Crippen molar-refractivity contribution in [3.63, 3.8) is 0 Å². The van der Waals surface area contributed by atoms with Crippen molar-refractivity contribution in [3.05, 3.63) is 42.0 Å². The number of carbonyl (C=O) groups excluding carboxylic acids is 2. The first-order chi connectivity index (χ1) is 10.7. The zero-order chi connectivity index (χ0) is 15.3. The summed E-state index contributed by atoms with van der Waals surface area (Å²) in [6.45, 7) is 0. The minimum atomic E-state index is -0.211. The van der Waals surface area contributed by atoms with Gasteiger partial charge < -0.3 is 4.74 Å². The molecule has 4 rings (SSSR count). The Morgan fingerprint density at radius 2 is 1.77 bits per heavy atom. The van der Waals surface area contributed by atoms with E-state index in [4.69, 9.17) is 4.74 Å². The van der Waals surface area contributed by atoms with Gasteiger partial charge in [-0.15, -0.1) is 0 Å². The van der Waals surface area contributed by atoms with Gasteiger partial charge in [-0.25, -0.2) is 0 Å².